The van der Waals surface area contributed by atoms with E-state index < -0.39 is 5.97 Å². The molecule has 0 amide bonds. The molecule has 29 heavy (non-hydrogen) atoms. The standard InChI is InChI=1S/C12H18O.C7H12O2.C5H9Cl.ClH/c1-2-3-5-10-12(13)11-8-6-4-7-9-11;1-2-3-4-5-6-7(8)9;6-5-3-1-2-4-5;/h4,6-9,12-13H,2-3,5,10H2,1H3;2-3H,4-6H2,1H3,(H,8,9);5H,1-4H2;1H/b;3-2-;;. The van der Waals surface area contributed by atoms with Crippen molar-refractivity contribution >= 4 is 30.0 Å². The van der Waals surface area contributed by atoms with E-state index in [9.17, 15) is 9.90 Å². The number of carbonyl (C=O) groups is 1. The number of rotatable bonds is 9. The number of carboxylic acid groups (broad SMARTS) is 1. The van der Waals surface area contributed by atoms with Gasteiger partial charge in [0.15, 0.2) is 0 Å². The van der Waals surface area contributed by atoms with Crippen LogP contribution in [0.1, 0.15) is 96.1 Å². The summed E-state index contributed by atoms with van der Waals surface area (Å²) >= 11 is 5.71. The third kappa shape index (κ3) is 20.0. The second-order valence-electron chi connectivity index (χ2n) is 7.16. The lowest BCUT2D eigenvalue weighted by Crippen LogP contribution is -1.96. The lowest BCUT2D eigenvalue weighted by Gasteiger charge is -2.09. The zero-order valence-corrected chi connectivity index (χ0v) is 19.6. The van der Waals surface area contributed by atoms with Crippen LogP contribution in [-0.4, -0.2) is 21.6 Å². The molecule has 3 nitrogen and oxygen atoms in total. The Morgan fingerprint density at radius 2 is 1.79 bits per heavy atom. The van der Waals surface area contributed by atoms with Crippen molar-refractivity contribution < 1.29 is 15.0 Å². The van der Waals surface area contributed by atoms with Gasteiger partial charge in [0.2, 0.25) is 0 Å². The number of halogens is 2. The van der Waals surface area contributed by atoms with E-state index in [4.69, 9.17) is 16.7 Å². The summed E-state index contributed by atoms with van der Waals surface area (Å²) < 4.78 is 0. The van der Waals surface area contributed by atoms with E-state index in [2.05, 4.69) is 6.92 Å². The van der Waals surface area contributed by atoms with Crippen LogP contribution in [0.4, 0.5) is 0 Å². The van der Waals surface area contributed by atoms with Gasteiger partial charge >= 0.3 is 5.97 Å². The molecule has 1 aliphatic rings. The van der Waals surface area contributed by atoms with Crippen molar-refractivity contribution in [3.8, 4) is 0 Å². The summed E-state index contributed by atoms with van der Waals surface area (Å²) in [6.07, 6.45) is 15.2. The van der Waals surface area contributed by atoms with Gasteiger partial charge in [0.05, 0.1) is 6.10 Å². The Morgan fingerprint density at radius 3 is 2.24 bits per heavy atom. The summed E-state index contributed by atoms with van der Waals surface area (Å²) in [7, 11) is 0. The fourth-order valence-electron chi connectivity index (χ4n) is 2.84. The summed E-state index contributed by atoms with van der Waals surface area (Å²) in [5.41, 5.74) is 1.04. The monoisotopic (exact) mass is 446 g/mol. The van der Waals surface area contributed by atoms with Crippen LogP contribution in [0.5, 0.6) is 0 Å². The number of hydrogen-bond acceptors (Lipinski definition) is 2. The maximum Gasteiger partial charge on any atom is 0.303 e. The van der Waals surface area contributed by atoms with Gasteiger partial charge in [0.25, 0.3) is 0 Å². The highest BCUT2D eigenvalue weighted by atomic mass is 35.5. The Bertz CT molecular complexity index is 500. The normalized spacial score (nSPS) is 14.2. The van der Waals surface area contributed by atoms with Crippen LogP contribution in [0.25, 0.3) is 0 Å². The fourth-order valence-corrected chi connectivity index (χ4v) is 3.15. The molecule has 0 aliphatic heterocycles. The van der Waals surface area contributed by atoms with Gasteiger partial charge in [-0.1, -0.05) is 81.5 Å². The molecule has 2 rings (SSSR count). The average molecular weight is 447 g/mol. The van der Waals surface area contributed by atoms with Gasteiger partial charge < -0.3 is 10.2 Å². The van der Waals surface area contributed by atoms with E-state index in [1.807, 2.05) is 49.4 Å². The van der Waals surface area contributed by atoms with Crippen molar-refractivity contribution in [1.82, 2.24) is 0 Å². The number of benzene rings is 1. The first kappa shape index (κ1) is 30.2. The number of hydrogen-bond donors (Lipinski definition) is 2. The molecule has 1 aromatic rings. The van der Waals surface area contributed by atoms with E-state index in [1.54, 1.807) is 0 Å². The van der Waals surface area contributed by atoms with Gasteiger partial charge in [-0.3, -0.25) is 4.79 Å². The van der Waals surface area contributed by atoms with E-state index in [1.165, 1.54) is 38.5 Å². The smallest absolute Gasteiger partial charge is 0.303 e. The molecular formula is C24H40Cl2O3. The van der Waals surface area contributed by atoms with E-state index in [0.717, 1.165) is 31.2 Å². The largest absolute Gasteiger partial charge is 0.481 e. The summed E-state index contributed by atoms with van der Waals surface area (Å²) in [4.78, 5) is 9.94. The van der Waals surface area contributed by atoms with Crippen molar-refractivity contribution in [2.45, 2.75) is 96.0 Å². The van der Waals surface area contributed by atoms with Crippen LogP contribution in [0.2, 0.25) is 0 Å². The minimum absolute atomic E-state index is 0. The number of allylic oxidation sites excluding steroid dienone is 2. The first-order valence-corrected chi connectivity index (χ1v) is 11.1. The third-order valence-corrected chi connectivity index (χ3v) is 4.98. The van der Waals surface area contributed by atoms with Gasteiger partial charge in [0, 0.05) is 11.8 Å². The molecule has 2 N–H and O–H groups in total. The van der Waals surface area contributed by atoms with E-state index in [-0.39, 0.29) is 24.9 Å². The Hall–Kier alpha value is -1.03. The first-order valence-electron chi connectivity index (χ1n) is 10.7. The van der Waals surface area contributed by atoms with E-state index in [0.29, 0.717) is 5.38 Å². The number of carboxylic acids is 1. The van der Waals surface area contributed by atoms with Gasteiger partial charge in [-0.25, -0.2) is 0 Å². The Morgan fingerprint density at radius 1 is 1.17 bits per heavy atom. The van der Waals surface area contributed by atoms with E-state index >= 15 is 0 Å². The second-order valence-corrected chi connectivity index (χ2v) is 7.78. The number of aliphatic carboxylic acids is 1. The van der Waals surface area contributed by atoms with Crippen LogP contribution in [0.15, 0.2) is 42.5 Å². The summed E-state index contributed by atoms with van der Waals surface area (Å²) in [5.74, 6) is -0.709. The minimum Gasteiger partial charge on any atom is -0.481 e. The van der Waals surface area contributed by atoms with Gasteiger partial charge in [0.1, 0.15) is 0 Å². The highest BCUT2D eigenvalue weighted by Gasteiger charge is 2.09. The third-order valence-electron chi connectivity index (χ3n) is 4.55. The molecule has 5 heteroatoms. The fraction of sp³-hybridized carbons (Fsp3) is 0.625. The molecule has 0 radical (unpaired) electrons. The van der Waals surface area contributed by atoms with Gasteiger partial charge in [-0.05, 0) is 44.6 Å². The van der Waals surface area contributed by atoms with Crippen molar-refractivity contribution in [1.29, 1.82) is 0 Å². The first-order chi connectivity index (χ1) is 13.5. The zero-order valence-electron chi connectivity index (χ0n) is 18.1. The van der Waals surface area contributed by atoms with Crippen molar-refractivity contribution in [2.24, 2.45) is 0 Å². The molecular weight excluding hydrogens is 407 g/mol. The predicted octanol–water partition coefficient (Wildman–Crippen LogP) is 7.71. The Labute approximate surface area is 189 Å². The highest BCUT2D eigenvalue weighted by Crippen LogP contribution is 2.22. The summed E-state index contributed by atoms with van der Waals surface area (Å²) in [5, 5.41) is 18.5. The molecule has 1 aliphatic carbocycles. The maximum atomic E-state index is 9.94. The molecule has 0 heterocycles. The topological polar surface area (TPSA) is 57.5 Å². The predicted molar refractivity (Wildman–Crippen MR) is 127 cm³/mol. The lowest BCUT2D eigenvalue weighted by atomic mass is 10.0. The van der Waals surface area contributed by atoms with Gasteiger partial charge in [-0.2, -0.15) is 0 Å². The van der Waals surface area contributed by atoms with Crippen molar-refractivity contribution in [3.05, 3.63) is 48.0 Å². The Balaban J connectivity index is 0. The van der Waals surface area contributed by atoms with Crippen LogP contribution >= 0.6 is 24.0 Å². The molecule has 1 fully saturated rings. The summed E-state index contributed by atoms with van der Waals surface area (Å²) in [6, 6.07) is 9.88. The SMILES string of the molecule is C/C=C\CCCC(=O)O.CCCCCC(O)c1ccccc1.Cl.ClC1CCCC1. The number of aliphatic hydroxyl groups excluding tert-OH is 1. The molecule has 0 aromatic heterocycles. The second kappa shape index (κ2) is 21.7. The maximum absolute atomic E-state index is 9.94. The number of alkyl halides is 1. The van der Waals surface area contributed by atoms with Crippen molar-refractivity contribution in [3.63, 3.8) is 0 Å². The zero-order chi connectivity index (χ0) is 21.0. The lowest BCUT2D eigenvalue weighted by molar-refractivity contribution is -0.137. The minimum atomic E-state index is -0.709. The molecule has 168 valence electrons. The highest BCUT2D eigenvalue weighted by molar-refractivity contribution is 6.20. The molecule has 0 saturated heterocycles. The Kier molecular flexibility index (Phi) is 22.5. The molecule has 1 unspecified atom stereocenters. The van der Waals surface area contributed by atoms with Crippen molar-refractivity contribution in [2.75, 3.05) is 0 Å². The molecule has 1 saturated carbocycles. The van der Waals surface area contributed by atoms with Crippen LogP contribution in [0, 0.1) is 0 Å². The molecule has 1 aromatic carbocycles. The number of aliphatic hydroxyl groups is 1. The van der Waals surface area contributed by atoms with Gasteiger partial charge in [-0.15, -0.1) is 24.0 Å². The average Bonchev–Trinajstić information content (AvgIpc) is 3.18. The summed E-state index contributed by atoms with van der Waals surface area (Å²) in [6.45, 7) is 4.11. The quantitative estimate of drug-likeness (QED) is 0.232. The van der Waals surface area contributed by atoms with Crippen LogP contribution in [-0.2, 0) is 4.79 Å². The molecule has 0 bridgehead atoms. The molecule has 1 atom stereocenters. The van der Waals surface area contributed by atoms with Crippen LogP contribution < -0.4 is 0 Å². The molecule has 0 spiro atoms. The van der Waals surface area contributed by atoms with Crippen LogP contribution in [0.3, 0.4) is 0 Å². The number of unbranched alkanes of at least 4 members (excludes halogenated alkanes) is 3.